The van der Waals surface area contributed by atoms with Crippen LogP contribution in [0, 0.1) is 0 Å². The maximum atomic E-state index is 11.0. The summed E-state index contributed by atoms with van der Waals surface area (Å²) in [5.74, 6) is -0.458. The molecule has 0 aliphatic carbocycles. The van der Waals surface area contributed by atoms with Crippen molar-refractivity contribution in [2.75, 3.05) is 6.61 Å². The van der Waals surface area contributed by atoms with Crippen LogP contribution in [0.2, 0.25) is 0 Å². The van der Waals surface area contributed by atoms with E-state index in [4.69, 9.17) is 11.8 Å². The lowest BCUT2D eigenvalue weighted by atomic mass is 10.5. The Kier molecular flexibility index (Phi) is 2.48. The molecule has 0 unspecified atom stereocenters. The number of imidazole rings is 1. The van der Waals surface area contributed by atoms with Crippen molar-refractivity contribution in [2.45, 2.75) is 6.92 Å². The van der Waals surface area contributed by atoms with Crippen LogP contribution in [0.5, 0.6) is 0 Å². The van der Waals surface area contributed by atoms with Gasteiger partial charge in [0.05, 0.1) is 12.8 Å². The monoisotopic (exact) mass is 174 g/mol. The molecule has 0 fully saturated rings. The van der Waals surface area contributed by atoms with Crippen LogP contribution in [-0.2, 0) is 4.74 Å². The number of rotatable bonds is 2. The normalized spacial score (nSPS) is 9.64. The van der Waals surface area contributed by atoms with Crippen LogP contribution in [0.25, 0.3) is 0 Å². The van der Waals surface area contributed by atoms with E-state index in [1.165, 1.54) is 12.5 Å². The smallest absolute Gasteiger partial charge is 0.357 e. The van der Waals surface area contributed by atoms with Gasteiger partial charge in [0.25, 0.3) is 0 Å². The van der Waals surface area contributed by atoms with E-state index in [2.05, 4.69) is 9.72 Å². The zero-order chi connectivity index (χ0) is 8.27. The van der Waals surface area contributed by atoms with Gasteiger partial charge in [-0.15, -0.1) is 0 Å². The maximum absolute atomic E-state index is 11.0. The molecular formula is C6H7ClN2O2. The lowest BCUT2D eigenvalue weighted by Crippen LogP contribution is -2.06. The average Bonchev–Trinajstić information content (AvgIpc) is 2.36. The van der Waals surface area contributed by atoms with E-state index in [0.29, 0.717) is 6.61 Å². The second-order valence-electron chi connectivity index (χ2n) is 1.81. The molecule has 0 radical (unpaired) electrons. The zero-order valence-electron chi connectivity index (χ0n) is 5.95. The number of esters is 1. The summed E-state index contributed by atoms with van der Waals surface area (Å²) in [6.07, 6.45) is 2.68. The van der Waals surface area contributed by atoms with Gasteiger partial charge in [0, 0.05) is 11.8 Å². The molecule has 0 aliphatic rings. The molecule has 11 heavy (non-hydrogen) atoms. The van der Waals surface area contributed by atoms with Crippen LogP contribution in [0.3, 0.4) is 0 Å². The summed E-state index contributed by atoms with van der Waals surface area (Å²) in [4.78, 5) is 14.6. The van der Waals surface area contributed by atoms with Crippen molar-refractivity contribution in [3.63, 3.8) is 0 Å². The fraction of sp³-hybridized carbons (Fsp3) is 0.333. The van der Waals surface area contributed by atoms with Gasteiger partial charge in [0.15, 0.2) is 5.69 Å². The van der Waals surface area contributed by atoms with E-state index in [-0.39, 0.29) is 5.69 Å². The largest absolute Gasteiger partial charge is 0.461 e. The van der Waals surface area contributed by atoms with Gasteiger partial charge < -0.3 is 4.74 Å². The molecule has 1 heterocycles. The standard InChI is InChI=1S/C6H7ClN2O2/c1-2-11-6(10)5-3-8-4-9(5)7/h3-4H,2H2,1H3. The van der Waals surface area contributed by atoms with Crippen molar-refractivity contribution in [1.29, 1.82) is 0 Å². The molecule has 1 aromatic rings. The lowest BCUT2D eigenvalue weighted by Gasteiger charge is -1.98. The number of hydrogen-bond donors (Lipinski definition) is 0. The highest BCUT2D eigenvalue weighted by atomic mass is 35.5. The lowest BCUT2D eigenvalue weighted by molar-refractivity contribution is 0.0518. The molecular weight excluding hydrogens is 168 g/mol. The van der Waals surface area contributed by atoms with Gasteiger partial charge in [-0.05, 0) is 6.92 Å². The molecule has 0 saturated heterocycles. The molecule has 4 nitrogen and oxygen atoms in total. The third-order valence-corrected chi connectivity index (χ3v) is 1.35. The third kappa shape index (κ3) is 1.71. The number of nitrogens with zero attached hydrogens (tertiary/aromatic N) is 2. The Bertz CT molecular complexity index is 259. The van der Waals surface area contributed by atoms with Gasteiger partial charge in [-0.1, -0.05) is 0 Å². The molecule has 0 aromatic carbocycles. The number of ether oxygens (including phenoxy) is 1. The summed E-state index contributed by atoms with van der Waals surface area (Å²) in [5.41, 5.74) is 0.244. The predicted molar refractivity (Wildman–Crippen MR) is 39.4 cm³/mol. The molecule has 0 bridgehead atoms. The number of aromatic nitrogens is 2. The van der Waals surface area contributed by atoms with Gasteiger partial charge in [0.1, 0.15) is 6.33 Å². The van der Waals surface area contributed by atoms with Crippen molar-refractivity contribution in [1.82, 2.24) is 9.07 Å². The molecule has 0 aliphatic heterocycles. The first-order valence-electron chi connectivity index (χ1n) is 3.11. The Hall–Kier alpha value is -1.03. The van der Waals surface area contributed by atoms with E-state index in [9.17, 15) is 4.79 Å². The Morgan fingerprint density at radius 2 is 2.64 bits per heavy atom. The van der Waals surface area contributed by atoms with E-state index < -0.39 is 5.97 Å². The molecule has 60 valence electrons. The van der Waals surface area contributed by atoms with E-state index in [0.717, 1.165) is 4.09 Å². The molecule has 0 saturated carbocycles. The van der Waals surface area contributed by atoms with Crippen molar-refractivity contribution < 1.29 is 9.53 Å². The Morgan fingerprint density at radius 1 is 1.91 bits per heavy atom. The first-order valence-corrected chi connectivity index (χ1v) is 3.45. The fourth-order valence-electron chi connectivity index (χ4n) is 0.625. The quantitative estimate of drug-likeness (QED) is 0.630. The van der Waals surface area contributed by atoms with Crippen molar-refractivity contribution in [2.24, 2.45) is 0 Å². The van der Waals surface area contributed by atoms with Crippen LogP contribution in [0.15, 0.2) is 12.5 Å². The molecule has 0 N–H and O–H groups in total. The van der Waals surface area contributed by atoms with Crippen molar-refractivity contribution in [3.05, 3.63) is 18.2 Å². The van der Waals surface area contributed by atoms with Gasteiger partial charge in [-0.3, -0.25) is 0 Å². The summed E-state index contributed by atoms with van der Waals surface area (Å²) >= 11 is 5.52. The summed E-state index contributed by atoms with van der Waals surface area (Å²) in [7, 11) is 0. The van der Waals surface area contributed by atoms with E-state index in [1.54, 1.807) is 6.92 Å². The molecule has 1 aromatic heterocycles. The molecule has 0 spiro atoms. The van der Waals surface area contributed by atoms with Crippen LogP contribution in [-0.4, -0.2) is 21.6 Å². The minimum Gasteiger partial charge on any atom is -0.461 e. The van der Waals surface area contributed by atoms with Crippen LogP contribution < -0.4 is 0 Å². The van der Waals surface area contributed by atoms with Crippen molar-refractivity contribution in [3.8, 4) is 0 Å². The zero-order valence-corrected chi connectivity index (χ0v) is 6.71. The fourth-order valence-corrected chi connectivity index (χ4v) is 0.788. The first-order chi connectivity index (χ1) is 5.25. The molecule has 0 amide bonds. The predicted octanol–water partition coefficient (Wildman–Crippen LogP) is 1.06. The third-order valence-electron chi connectivity index (χ3n) is 1.08. The average molecular weight is 175 g/mol. The molecule has 5 heteroatoms. The van der Waals surface area contributed by atoms with E-state index in [1.807, 2.05) is 0 Å². The van der Waals surface area contributed by atoms with Gasteiger partial charge in [-0.2, -0.15) is 0 Å². The number of hydrogen-bond acceptors (Lipinski definition) is 3. The summed E-state index contributed by atoms with van der Waals surface area (Å²) < 4.78 is 5.78. The minimum absolute atomic E-state index is 0.244. The maximum Gasteiger partial charge on any atom is 0.357 e. The SMILES string of the molecule is CCOC(=O)c1cncn1Cl. The van der Waals surface area contributed by atoms with Crippen molar-refractivity contribution >= 4 is 17.7 Å². The summed E-state index contributed by atoms with van der Waals surface area (Å²) in [5, 5.41) is 0. The highest BCUT2D eigenvalue weighted by Crippen LogP contribution is 2.02. The summed E-state index contributed by atoms with van der Waals surface area (Å²) in [6, 6.07) is 0. The van der Waals surface area contributed by atoms with Gasteiger partial charge >= 0.3 is 5.97 Å². The number of carbonyl (C=O) groups is 1. The second-order valence-corrected chi connectivity index (χ2v) is 2.17. The molecule has 1 rings (SSSR count). The highest BCUT2D eigenvalue weighted by molar-refractivity contribution is 6.17. The second kappa shape index (κ2) is 3.39. The minimum atomic E-state index is -0.458. The van der Waals surface area contributed by atoms with Crippen LogP contribution >= 0.6 is 11.8 Å². The van der Waals surface area contributed by atoms with Gasteiger partial charge in [-0.25, -0.2) is 13.9 Å². The Morgan fingerprint density at radius 3 is 3.09 bits per heavy atom. The van der Waals surface area contributed by atoms with Crippen LogP contribution in [0.4, 0.5) is 0 Å². The molecule has 0 atom stereocenters. The Labute approximate surface area is 68.9 Å². The summed E-state index contributed by atoms with van der Waals surface area (Å²) in [6.45, 7) is 2.06. The highest BCUT2D eigenvalue weighted by Gasteiger charge is 2.10. The van der Waals surface area contributed by atoms with Crippen LogP contribution in [0.1, 0.15) is 17.4 Å². The number of halogens is 1. The first kappa shape index (κ1) is 8.07. The number of carbonyl (C=O) groups excluding carboxylic acids is 1. The topological polar surface area (TPSA) is 44.1 Å². The Balaban J connectivity index is 2.76. The van der Waals surface area contributed by atoms with Gasteiger partial charge in [0.2, 0.25) is 0 Å². The van der Waals surface area contributed by atoms with E-state index >= 15 is 0 Å².